The molecule has 110 valence electrons. The standard InChI is InChI=1S/C19H23NO/c1-15-6-2-5-9-18(15)19(21)14-20-12-10-16-7-3-4-8-17(16)11-13-20/h2-9,19,21H,10-14H2,1H3. The second-order valence-corrected chi connectivity index (χ2v) is 5.94. The van der Waals surface area contributed by atoms with E-state index in [4.69, 9.17) is 0 Å². The third-order valence-electron chi connectivity index (χ3n) is 4.49. The van der Waals surface area contributed by atoms with Gasteiger partial charge in [0.15, 0.2) is 0 Å². The van der Waals surface area contributed by atoms with E-state index >= 15 is 0 Å². The molecule has 0 spiro atoms. The van der Waals surface area contributed by atoms with E-state index in [9.17, 15) is 5.11 Å². The first-order chi connectivity index (χ1) is 10.2. The minimum absolute atomic E-state index is 0.396. The van der Waals surface area contributed by atoms with E-state index in [-0.39, 0.29) is 0 Å². The summed E-state index contributed by atoms with van der Waals surface area (Å²) >= 11 is 0. The molecule has 0 saturated carbocycles. The zero-order valence-electron chi connectivity index (χ0n) is 12.6. The summed E-state index contributed by atoms with van der Waals surface area (Å²) < 4.78 is 0. The van der Waals surface area contributed by atoms with Crippen LogP contribution in [0.4, 0.5) is 0 Å². The summed E-state index contributed by atoms with van der Waals surface area (Å²) in [6, 6.07) is 16.8. The van der Waals surface area contributed by atoms with Gasteiger partial charge >= 0.3 is 0 Å². The summed E-state index contributed by atoms with van der Waals surface area (Å²) in [7, 11) is 0. The molecule has 0 aromatic heterocycles. The van der Waals surface area contributed by atoms with Gasteiger partial charge in [-0.2, -0.15) is 0 Å². The van der Waals surface area contributed by atoms with Crippen molar-refractivity contribution in [3.8, 4) is 0 Å². The summed E-state index contributed by atoms with van der Waals surface area (Å²) in [5.74, 6) is 0. The Hall–Kier alpha value is -1.64. The van der Waals surface area contributed by atoms with E-state index in [1.54, 1.807) is 0 Å². The van der Waals surface area contributed by atoms with Gasteiger partial charge in [-0.3, -0.25) is 4.90 Å². The molecule has 1 aliphatic heterocycles. The predicted molar refractivity (Wildman–Crippen MR) is 86.4 cm³/mol. The van der Waals surface area contributed by atoms with Crippen LogP contribution in [0.3, 0.4) is 0 Å². The Kier molecular flexibility index (Phi) is 4.37. The number of aliphatic hydroxyl groups excluding tert-OH is 1. The van der Waals surface area contributed by atoms with E-state index < -0.39 is 6.10 Å². The molecular weight excluding hydrogens is 258 g/mol. The van der Waals surface area contributed by atoms with E-state index in [1.165, 1.54) is 16.7 Å². The van der Waals surface area contributed by atoms with Crippen LogP contribution >= 0.6 is 0 Å². The lowest BCUT2D eigenvalue weighted by molar-refractivity contribution is 0.115. The van der Waals surface area contributed by atoms with Gasteiger partial charge in [-0.15, -0.1) is 0 Å². The van der Waals surface area contributed by atoms with Gasteiger partial charge < -0.3 is 5.11 Å². The molecule has 0 amide bonds. The number of rotatable bonds is 3. The zero-order valence-corrected chi connectivity index (χ0v) is 12.6. The molecule has 1 aliphatic rings. The van der Waals surface area contributed by atoms with Crippen LogP contribution in [0.2, 0.25) is 0 Å². The Bertz CT molecular complexity index is 581. The fourth-order valence-electron chi connectivity index (χ4n) is 3.20. The smallest absolute Gasteiger partial charge is 0.0919 e. The highest BCUT2D eigenvalue weighted by Crippen LogP contribution is 2.21. The highest BCUT2D eigenvalue weighted by atomic mass is 16.3. The minimum Gasteiger partial charge on any atom is -0.387 e. The van der Waals surface area contributed by atoms with E-state index in [0.29, 0.717) is 0 Å². The zero-order chi connectivity index (χ0) is 14.7. The number of hydrogen-bond acceptors (Lipinski definition) is 2. The summed E-state index contributed by atoms with van der Waals surface area (Å²) in [4.78, 5) is 2.39. The Morgan fingerprint density at radius 3 is 2.14 bits per heavy atom. The number of hydrogen-bond donors (Lipinski definition) is 1. The summed E-state index contributed by atoms with van der Waals surface area (Å²) in [6.07, 6.45) is 1.76. The Morgan fingerprint density at radius 2 is 1.52 bits per heavy atom. The number of aliphatic hydroxyl groups is 1. The van der Waals surface area contributed by atoms with Gasteiger partial charge in [0, 0.05) is 19.6 Å². The molecule has 0 bridgehead atoms. The summed E-state index contributed by atoms with van der Waals surface area (Å²) in [6.45, 7) is 4.84. The second-order valence-electron chi connectivity index (χ2n) is 5.94. The minimum atomic E-state index is -0.396. The molecule has 1 heterocycles. The Labute approximate surface area is 127 Å². The third kappa shape index (κ3) is 3.34. The maximum absolute atomic E-state index is 10.5. The van der Waals surface area contributed by atoms with Crippen LogP contribution in [0.5, 0.6) is 0 Å². The van der Waals surface area contributed by atoms with Crippen molar-refractivity contribution >= 4 is 0 Å². The first kappa shape index (κ1) is 14.3. The molecule has 1 N–H and O–H groups in total. The van der Waals surface area contributed by atoms with Crippen molar-refractivity contribution in [3.05, 3.63) is 70.8 Å². The predicted octanol–water partition coefficient (Wildman–Crippen LogP) is 3.13. The fourth-order valence-corrected chi connectivity index (χ4v) is 3.20. The lowest BCUT2D eigenvalue weighted by Crippen LogP contribution is -2.31. The molecule has 0 aliphatic carbocycles. The van der Waals surface area contributed by atoms with Gasteiger partial charge in [-0.05, 0) is 42.0 Å². The third-order valence-corrected chi connectivity index (χ3v) is 4.49. The largest absolute Gasteiger partial charge is 0.387 e. The van der Waals surface area contributed by atoms with Gasteiger partial charge in [0.05, 0.1) is 6.10 Å². The molecule has 0 radical (unpaired) electrons. The molecule has 1 atom stereocenters. The van der Waals surface area contributed by atoms with Gasteiger partial charge in [0.25, 0.3) is 0 Å². The molecule has 2 nitrogen and oxygen atoms in total. The van der Waals surface area contributed by atoms with Crippen LogP contribution in [0, 0.1) is 6.92 Å². The molecular formula is C19H23NO. The maximum atomic E-state index is 10.5. The number of aryl methyl sites for hydroxylation is 1. The SMILES string of the molecule is Cc1ccccc1C(O)CN1CCc2ccccc2CC1. The van der Waals surface area contributed by atoms with Crippen molar-refractivity contribution < 1.29 is 5.11 Å². The lowest BCUT2D eigenvalue weighted by atomic mass is 10.0. The van der Waals surface area contributed by atoms with Gasteiger partial charge in [-0.25, -0.2) is 0 Å². The fraction of sp³-hybridized carbons (Fsp3) is 0.368. The Morgan fingerprint density at radius 1 is 0.952 bits per heavy atom. The quantitative estimate of drug-likeness (QED) is 0.934. The van der Waals surface area contributed by atoms with Gasteiger partial charge in [0.1, 0.15) is 0 Å². The van der Waals surface area contributed by atoms with Gasteiger partial charge in [0.2, 0.25) is 0 Å². The molecule has 0 fully saturated rings. The van der Waals surface area contributed by atoms with Crippen LogP contribution in [0.1, 0.15) is 28.4 Å². The van der Waals surface area contributed by atoms with E-state index in [1.807, 2.05) is 18.2 Å². The van der Waals surface area contributed by atoms with Crippen LogP contribution in [-0.4, -0.2) is 29.6 Å². The number of β-amino-alcohol motifs (C(OH)–C–C–N with tert-alkyl or cyclic N) is 1. The van der Waals surface area contributed by atoms with Crippen molar-refractivity contribution in [2.45, 2.75) is 25.9 Å². The Balaban J connectivity index is 1.66. The van der Waals surface area contributed by atoms with Gasteiger partial charge in [-0.1, -0.05) is 48.5 Å². The number of benzene rings is 2. The molecule has 1 unspecified atom stereocenters. The molecule has 21 heavy (non-hydrogen) atoms. The lowest BCUT2D eigenvalue weighted by Gasteiger charge is -2.24. The van der Waals surface area contributed by atoms with Crippen LogP contribution in [0.25, 0.3) is 0 Å². The first-order valence-electron chi connectivity index (χ1n) is 7.77. The molecule has 2 aromatic rings. The van der Waals surface area contributed by atoms with Crippen LogP contribution < -0.4 is 0 Å². The van der Waals surface area contributed by atoms with E-state index in [2.05, 4.69) is 42.2 Å². The van der Waals surface area contributed by atoms with Crippen molar-refractivity contribution in [2.24, 2.45) is 0 Å². The van der Waals surface area contributed by atoms with E-state index in [0.717, 1.165) is 38.0 Å². The normalized spacial score (nSPS) is 17.0. The molecule has 0 saturated heterocycles. The average molecular weight is 281 g/mol. The van der Waals surface area contributed by atoms with Crippen molar-refractivity contribution in [2.75, 3.05) is 19.6 Å². The highest BCUT2D eigenvalue weighted by Gasteiger charge is 2.18. The molecule has 3 rings (SSSR count). The molecule has 2 aromatic carbocycles. The number of nitrogens with zero attached hydrogens (tertiary/aromatic N) is 1. The first-order valence-corrected chi connectivity index (χ1v) is 7.77. The topological polar surface area (TPSA) is 23.5 Å². The summed E-state index contributed by atoms with van der Waals surface area (Å²) in [5.41, 5.74) is 5.15. The van der Waals surface area contributed by atoms with Crippen molar-refractivity contribution in [3.63, 3.8) is 0 Å². The van der Waals surface area contributed by atoms with Crippen molar-refractivity contribution in [1.82, 2.24) is 4.90 Å². The maximum Gasteiger partial charge on any atom is 0.0919 e. The van der Waals surface area contributed by atoms with Crippen LogP contribution in [-0.2, 0) is 12.8 Å². The average Bonchev–Trinajstić information content (AvgIpc) is 2.70. The van der Waals surface area contributed by atoms with Crippen LogP contribution in [0.15, 0.2) is 48.5 Å². The monoisotopic (exact) mass is 281 g/mol. The van der Waals surface area contributed by atoms with Crippen molar-refractivity contribution in [1.29, 1.82) is 0 Å². The second kappa shape index (κ2) is 6.42. The number of fused-ring (bicyclic) bond motifs is 1. The highest BCUT2D eigenvalue weighted by molar-refractivity contribution is 5.29. The summed E-state index contributed by atoms with van der Waals surface area (Å²) in [5, 5.41) is 10.5. The molecule has 2 heteroatoms.